The Morgan fingerprint density at radius 3 is 2.60 bits per heavy atom. The summed E-state index contributed by atoms with van der Waals surface area (Å²) in [6.07, 6.45) is 1.12. The van der Waals surface area contributed by atoms with Gasteiger partial charge in [0.15, 0.2) is 6.10 Å². The Morgan fingerprint density at radius 2 is 1.92 bits per heavy atom. The van der Waals surface area contributed by atoms with Crippen LogP contribution >= 0.6 is 0 Å². The van der Waals surface area contributed by atoms with Crippen LogP contribution in [0, 0.1) is 6.92 Å². The number of esters is 1. The number of aryl methyl sites for hydroxylation is 1. The second-order valence-electron chi connectivity index (χ2n) is 6.32. The Balaban J connectivity index is 1.82. The first kappa shape index (κ1) is 17.5. The Morgan fingerprint density at radius 1 is 1.16 bits per heavy atom. The third-order valence-corrected chi connectivity index (χ3v) is 4.40. The van der Waals surface area contributed by atoms with Gasteiger partial charge in [-0.1, -0.05) is 49.2 Å². The molecule has 25 heavy (non-hydrogen) atoms. The molecule has 0 aromatic heterocycles. The van der Waals surface area contributed by atoms with Crippen molar-refractivity contribution in [3.05, 3.63) is 53.6 Å². The van der Waals surface area contributed by atoms with E-state index in [-0.39, 0.29) is 12.1 Å². The first-order valence-corrected chi connectivity index (χ1v) is 8.71. The van der Waals surface area contributed by atoms with Gasteiger partial charge in [0, 0.05) is 0 Å². The van der Waals surface area contributed by atoms with Crippen molar-refractivity contribution < 1.29 is 19.0 Å². The highest BCUT2D eigenvalue weighted by atomic mass is 16.6. The van der Waals surface area contributed by atoms with E-state index in [1.807, 2.05) is 18.2 Å². The first-order valence-electron chi connectivity index (χ1n) is 8.71. The van der Waals surface area contributed by atoms with E-state index in [9.17, 15) is 4.79 Å². The summed E-state index contributed by atoms with van der Waals surface area (Å²) in [7, 11) is 1.65. The lowest BCUT2D eigenvalue weighted by Gasteiger charge is -2.11. The van der Waals surface area contributed by atoms with Crippen molar-refractivity contribution in [2.45, 2.75) is 38.9 Å². The van der Waals surface area contributed by atoms with E-state index in [4.69, 9.17) is 14.2 Å². The molecular formula is C21H24O4. The van der Waals surface area contributed by atoms with E-state index in [0.29, 0.717) is 6.61 Å². The Bertz CT molecular complexity index is 736. The number of ether oxygens (including phenoxy) is 3. The summed E-state index contributed by atoms with van der Waals surface area (Å²) < 4.78 is 16.3. The minimum absolute atomic E-state index is 0.253. The Hall–Kier alpha value is -2.33. The van der Waals surface area contributed by atoms with Crippen LogP contribution in [0.5, 0.6) is 5.75 Å². The smallest absolute Gasteiger partial charge is 0.338 e. The molecule has 1 fully saturated rings. The van der Waals surface area contributed by atoms with Gasteiger partial charge in [0.1, 0.15) is 11.9 Å². The molecule has 0 aliphatic carbocycles. The van der Waals surface area contributed by atoms with E-state index in [1.165, 1.54) is 5.56 Å². The zero-order valence-electron chi connectivity index (χ0n) is 15.0. The zero-order valence-corrected chi connectivity index (χ0v) is 15.0. The minimum Gasteiger partial charge on any atom is -0.497 e. The van der Waals surface area contributed by atoms with Gasteiger partial charge in [0.05, 0.1) is 13.7 Å². The summed E-state index contributed by atoms with van der Waals surface area (Å²) in [5.41, 5.74) is 4.29. The van der Waals surface area contributed by atoms with Crippen LogP contribution in [-0.4, -0.2) is 25.8 Å². The lowest BCUT2D eigenvalue weighted by molar-refractivity contribution is -0.145. The fourth-order valence-electron chi connectivity index (χ4n) is 2.82. The van der Waals surface area contributed by atoms with Gasteiger partial charge in [-0.05, 0) is 42.2 Å². The van der Waals surface area contributed by atoms with Crippen LogP contribution in [0.2, 0.25) is 0 Å². The van der Waals surface area contributed by atoms with Crippen LogP contribution in [-0.2, 0) is 14.3 Å². The van der Waals surface area contributed by atoms with Gasteiger partial charge < -0.3 is 14.2 Å². The molecule has 1 saturated heterocycles. The minimum atomic E-state index is -0.505. The highest BCUT2D eigenvalue weighted by molar-refractivity contribution is 5.80. The van der Waals surface area contributed by atoms with E-state index in [1.54, 1.807) is 7.11 Å². The van der Waals surface area contributed by atoms with Crippen LogP contribution in [0.15, 0.2) is 42.5 Å². The molecule has 0 N–H and O–H groups in total. The van der Waals surface area contributed by atoms with Crippen molar-refractivity contribution in [1.29, 1.82) is 0 Å². The number of carbonyl (C=O) groups is 1. The number of methoxy groups -OCH3 is 1. The molecule has 0 radical (unpaired) electrons. The molecule has 132 valence electrons. The fraction of sp³-hybridized carbons (Fsp3) is 0.381. The van der Waals surface area contributed by atoms with E-state index < -0.39 is 6.10 Å². The molecule has 4 nitrogen and oxygen atoms in total. The van der Waals surface area contributed by atoms with Crippen molar-refractivity contribution in [2.75, 3.05) is 13.7 Å². The monoisotopic (exact) mass is 340 g/mol. The van der Waals surface area contributed by atoms with Gasteiger partial charge in [-0.3, -0.25) is 0 Å². The molecule has 0 bridgehead atoms. The summed E-state index contributed by atoms with van der Waals surface area (Å²) in [5.74, 6) is 0.506. The van der Waals surface area contributed by atoms with Crippen molar-refractivity contribution in [3.8, 4) is 16.9 Å². The van der Waals surface area contributed by atoms with Crippen molar-refractivity contribution in [1.82, 2.24) is 0 Å². The maximum Gasteiger partial charge on any atom is 0.338 e. The maximum absolute atomic E-state index is 12.1. The SMILES string of the molecule is CCCCOC(=O)C1OC1c1ccc(OC)cc1-c1ccc(C)cc1. The summed E-state index contributed by atoms with van der Waals surface area (Å²) in [6, 6.07) is 14.1. The molecule has 1 aliphatic heterocycles. The Labute approximate surface area is 148 Å². The lowest BCUT2D eigenvalue weighted by Crippen LogP contribution is -2.13. The van der Waals surface area contributed by atoms with Crippen LogP contribution in [0.4, 0.5) is 0 Å². The molecule has 2 aromatic carbocycles. The third-order valence-electron chi connectivity index (χ3n) is 4.40. The molecule has 3 rings (SSSR count). The standard InChI is InChI=1S/C21H24O4/c1-4-5-12-24-21(22)20-19(25-20)17-11-10-16(23-3)13-18(17)15-8-6-14(2)7-9-15/h6-11,13,19-20H,4-5,12H2,1-3H3. The Kier molecular flexibility index (Phi) is 5.39. The molecule has 0 saturated carbocycles. The second-order valence-corrected chi connectivity index (χ2v) is 6.32. The molecule has 4 heteroatoms. The van der Waals surface area contributed by atoms with E-state index in [0.717, 1.165) is 35.3 Å². The van der Waals surface area contributed by atoms with Gasteiger partial charge >= 0.3 is 5.97 Å². The molecule has 1 aliphatic rings. The topological polar surface area (TPSA) is 48.1 Å². The molecule has 2 unspecified atom stereocenters. The van der Waals surface area contributed by atoms with E-state index in [2.05, 4.69) is 38.1 Å². The summed E-state index contributed by atoms with van der Waals surface area (Å²) in [4.78, 5) is 12.1. The summed E-state index contributed by atoms with van der Waals surface area (Å²) in [6.45, 7) is 4.58. The average molecular weight is 340 g/mol. The molecule has 0 amide bonds. The fourth-order valence-corrected chi connectivity index (χ4v) is 2.82. The van der Waals surface area contributed by atoms with Gasteiger partial charge in [0.2, 0.25) is 0 Å². The largest absolute Gasteiger partial charge is 0.497 e. The predicted molar refractivity (Wildman–Crippen MR) is 96.6 cm³/mol. The molecule has 2 atom stereocenters. The van der Waals surface area contributed by atoms with Gasteiger partial charge in [-0.2, -0.15) is 0 Å². The normalized spacial score (nSPS) is 18.7. The highest BCUT2D eigenvalue weighted by Crippen LogP contribution is 2.44. The number of benzene rings is 2. The van der Waals surface area contributed by atoms with Crippen LogP contribution < -0.4 is 4.74 Å². The number of hydrogen-bond donors (Lipinski definition) is 0. The quantitative estimate of drug-likeness (QED) is 0.424. The van der Waals surface area contributed by atoms with Crippen LogP contribution in [0.3, 0.4) is 0 Å². The maximum atomic E-state index is 12.1. The number of carbonyl (C=O) groups excluding carboxylic acids is 1. The lowest BCUT2D eigenvalue weighted by atomic mass is 9.95. The highest BCUT2D eigenvalue weighted by Gasteiger charge is 2.48. The van der Waals surface area contributed by atoms with E-state index >= 15 is 0 Å². The molecular weight excluding hydrogens is 316 g/mol. The van der Waals surface area contributed by atoms with Gasteiger partial charge in [0.25, 0.3) is 0 Å². The van der Waals surface area contributed by atoms with Gasteiger partial charge in [-0.15, -0.1) is 0 Å². The molecule has 2 aromatic rings. The number of rotatable bonds is 7. The average Bonchev–Trinajstić information content (AvgIpc) is 3.43. The van der Waals surface area contributed by atoms with Crippen LogP contribution in [0.25, 0.3) is 11.1 Å². The third kappa shape index (κ3) is 4.02. The zero-order chi connectivity index (χ0) is 17.8. The predicted octanol–water partition coefficient (Wildman–Crippen LogP) is 4.45. The van der Waals surface area contributed by atoms with Gasteiger partial charge in [-0.25, -0.2) is 4.79 Å². The van der Waals surface area contributed by atoms with Crippen molar-refractivity contribution >= 4 is 5.97 Å². The number of unbranched alkanes of at least 4 members (excludes halogenated alkanes) is 1. The summed E-state index contributed by atoms with van der Waals surface area (Å²) in [5, 5.41) is 0. The molecule has 1 heterocycles. The molecule has 0 spiro atoms. The van der Waals surface area contributed by atoms with Crippen molar-refractivity contribution in [2.24, 2.45) is 0 Å². The first-order chi connectivity index (χ1) is 12.1. The number of hydrogen-bond acceptors (Lipinski definition) is 4. The van der Waals surface area contributed by atoms with Crippen molar-refractivity contribution in [3.63, 3.8) is 0 Å². The number of epoxide rings is 1. The summed E-state index contributed by atoms with van der Waals surface area (Å²) >= 11 is 0. The second kappa shape index (κ2) is 7.70. The van der Waals surface area contributed by atoms with Crippen LogP contribution in [0.1, 0.15) is 37.0 Å².